The van der Waals surface area contributed by atoms with Crippen LogP contribution in [0.5, 0.6) is 5.75 Å². The Labute approximate surface area is 124 Å². The first-order valence-electron chi connectivity index (χ1n) is 5.25. The van der Waals surface area contributed by atoms with Crippen molar-refractivity contribution < 1.29 is 13.2 Å². The van der Waals surface area contributed by atoms with Crippen molar-refractivity contribution in [1.29, 1.82) is 5.26 Å². The number of thiazole rings is 1. The number of aromatic nitrogens is 1. The van der Waals surface area contributed by atoms with Crippen LogP contribution in [0.25, 0.3) is 0 Å². The number of nitriles is 1. The molecule has 0 aliphatic carbocycles. The monoisotopic (exact) mass is 329 g/mol. The highest BCUT2D eigenvalue weighted by atomic mass is 35.5. The summed E-state index contributed by atoms with van der Waals surface area (Å²) < 4.78 is 31.6. The van der Waals surface area contributed by atoms with Crippen LogP contribution in [0.15, 0.2) is 34.7 Å². The van der Waals surface area contributed by atoms with E-state index in [0.29, 0.717) is 11.4 Å². The highest BCUT2D eigenvalue weighted by molar-refractivity contribution is 7.94. The molecule has 6 nitrogen and oxygen atoms in total. The smallest absolute Gasteiger partial charge is 0.273 e. The second kappa shape index (κ2) is 6.09. The van der Waals surface area contributed by atoms with Gasteiger partial charge in [0.05, 0.1) is 6.20 Å². The number of hydrogen-bond donors (Lipinski definition) is 1. The average Bonchev–Trinajstić information content (AvgIpc) is 2.85. The Morgan fingerprint density at radius 2 is 2.10 bits per heavy atom. The molecule has 20 heavy (non-hydrogen) atoms. The summed E-state index contributed by atoms with van der Waals surface area (Å²) in [6.45, 7) is -0.0650. The van der Waals surface area contributed by atoms with E-state index in [1.54, 1.807) is 12.1 Å². The first-order valence-corrected chi connectivity index (χ1v) is 7.93. The normalized spacial score (nSPS) is 10.8. The highest BCUT2D eigenvalue weighted by Crippen LogP contribution is 2.25. The van der Waals surface area contributed by atoms with Crippen LogP contribution >= 0.6 is 22.9 Å². The van der Waals surface area contributed by atoms with E-state index < -0.39 is 10.0 Å². The van der Waals surface area contributed by atoms with Gasteiger partial charge < -0.3 is 4.74 Å². The van der Waals surface area contributed by atoms with Gasteiger partial charge in [-0.25, -0.2) is 13.4 Å². The highest BCUT2D eigenvalue weighted by Gasteiger charge is 2.17. The fraction of sp³-hybridized carbons (Fsp3) is 0.0909. The fourth-order valence-corrected chi connectivity index (χ4v) is 3.65. The van der Waals surface area contributed by atoms with Gasteiger partial charge in [-0.3, -0.25) is 4.72 Å². The maximum atomic E-state index is 12.0. The number of ether oxygens (including phenoxy) is 1. The van der Waals surface area contributed by atoms with E-state index in [4.69, 9.17) is 21.6 Å². The van der Waals surface area contributed by atoms with Crippen LogP contribution in [0.2, 0.25) is 4.47 Å². The number of anilines is 1. The first-order chi connectivity index (χ1) is 9.51. The lowest BCUT2D eigenvalue weighted by molar-refractivity contribution is 0.368. The van der Waals surface area contributed by atoms with Crippen molar-refractivity contribution in [1.82, 2.24) is 4.98 Å². The molecule has 0 aliphatic heterocycles. The number of sulfonamides is 1. The maximum absolute atomic E-state index is 12.0. The molecule has 2 rings (SSSR count). The molecule has 104 valence electrons. The topological polar surface area (TPSA) is 92.1 Å². The third-order valence-corrected chi connectivity index (χ3v) is 5.09. The summed E-state index contributed by atoms with van der Waals surface area (Å²) in [7, 11) is -3.69. The molecule has 1 heterocycles. The summed E-state index contributed by atoms with van der Waals surface area (Å²) in [6.07, 6.45) is 1.19. The van der Waals surface area contributed by atoms with E-state index in [9.17, 15) is 8.42 Å². The van der Waals surface area contributed by atoms with E-state index in [-0.39, 0.29) is 15.3 Å². The van der Waals surface area contributed by atoms with Crippen molar-refractivity contribution in [2.24, 2.45) is 0 Å². The zero-order chi connectivity index (χ0) is 14.6. The third-order valence-electron chi connectivity index (χ3n) is 2.13. The van der Waals surface area contributed by atoms with Gasteiger partial charge in [-0.15, -0.1) is 0 Å². The summed E-state index contributed by atoms with van der Waals surface area (Å²) >= 11 is 6.48. The number of nitrogens with zero attached hydrogens (tertiary/aromatic N) is 2. The van der Waals surface area contributed by atoms with Crippen LogP contribution in [0.4, 0.5) is 5.69 Å². The molecule has 0 amide bonds. The Kier molecular flexibility index (Phi) is 4.44. The van der Waals surface area contributed by atoms with Gasteiger partial charge in [-0.1, -0.05) is 22.9 Å². The van der Waals surface area contributed by atoms with Crippen molar-refractivity contribution in [2.45, 2.75) is 4.21 Å². The SMILES string of the molecule is N#CCOc1ccc(NS(=O)(=O)c2cnc(Cl)s2)cc1. The van der Waals surface area contributed by atoms with E-state index in [1.165, 1.54) is 18.3 Å². The number of halogens is 1. The van der Waals surface area contributed by atoms with Gasteiger partial charge in [0, 0.05) is 5.69 Å². The minimum atomic E-state index is -3.69. The number of hydrogen-bond acceptors (Lipinski definition) is 6. The molecule has 2 aromatic rings. The summed E-state index contributed by atoms with van der Waals surface area (Å²) in [5.41, 5.74) is 0.374. The molecule has 0 bridgehead atoms. The molecule has 0 unspecified atom stereocenters. The zero-order valence-corrected chi connectivity index (χ0v) is 12.3. The summed E-state index contributed by atoms with van der Waals surface area (Å²) in [5.74, 6) is 0.482. The van der Waals surface area contributed by atoms with Crippen LogP contribution < -0.4 is 9.46 Å². The molecule has 1 N–H and O–H groups in total. The molecule has 0 atom stereocenters. The summed E-state index contributed by atoms with van der Waals surface area (Å²) in [5, 5.41) is 8.38. The Morgan fingerprint density at radius 1 is 1.40 bits per heavy atom. The van der Waals surface area contributed by atoms with Gasteiger partial charge >= 0.3 is 0 Å². The Morgan fingerprint density at radius 3 is 2.65 bits per heavy atom. The van der Waals surface area contributed by atoms with Crippen LogP contribution in [-0.2, 0) is 10.0 Å². The fourth-order valence-electron chi connectivity index (χ4n) is 1.30. The molecule has 0 radical (unpaired) electrons. The molecule has 0 saturated heterocycles. The minimum absolute atomic E-state index is 0.0345. The zero-order valence-electron chi connectivity index (χ0n) is 9.91. The molecule has 0 spiro atoms. The minimum Gasteiger partial charge on any atom is -0.479 e. The predicted molar refractivity (Wildman–Crippen MR) is 75.5 cm³/mol. The number of nitrogens with one attached hydrogen (secondary N) is 1. The third kappa shape index (κ3) is 3.60. The average molecular weight is 330 g/mol. The number of rotatable bonds is 5. The maximum Gasteiger partial charge on any atom is 0.273 e. The van der Waals surface area contributed by atoms with Gasteiger partial charge in [0.25, 0.3) is 10.0 Å². The van der Waals surface area contributed by atoms with Crippen LogP contribution in [0.1, 0.15) is 0 Å². The largest absolute Gasteiger partial charge is 0.479 e. The van der Waals surface area contributed by atoms with Gasteiger partial charge in [0.2, 0.25) is 0 Å². The Balaban J connectivity index is 2.12. The van der Waals surface area contributed by atoms with Crippen LogP contribution in [0.3, 0.4) is 0 Å². The molecule has 0 saturated carbocycles. The molecule has 0 fully saturated rings. The van der Waals surface area contributed by atoms with Gasteiger partial charge in [0.1, 0.15) is 11.8 Å². The molecule has 1 aromatic carbocycles. The van der Waals surface area contributed by atoms with Gasteiger partial charge in [-0.05, 0) is 24.3 Å². The van der Waals surface area contributed by atoms with Crippen molar-refractivity contribution in [3.63, 3.8) is 0 Å². The number of benzene rings is 1. The lowest BCUT2D eigenvalue weighted by Gasteiger charge is -2.07. The standard InChI is InChI=1S/C11H8ClN3O3S2/c12-11-14-7-10(19-11)20(16,17)15-8-1-3-9(4-2-8)18-6-5-13/h1-4,7,15H,6H2. The summed E-state index contributed by atoms with van der Waals surface area (Å²) in [4.78, 5) is 3.69. The molecule has 1 aromatic heterocycles. The second-order valence-corrected chi connectivity index (χ2v) is 7.03. The van der Waals surface area contributed by atoms with E-state index >= 15 is 0 Å². The lowest BCUT2D eigenvalue weighted by Crippen LogP contribution is -2.11. The molecule has 9 heteroatoms. The first kappa shape index (κ1) is 14.6. The lowest BCUT2D eigenvalue weighted by atomic mass is 10.3. The molecular weight excluding hydrogens is 322 g/mol. The molecule has 0 aliphatic rings. The van der Waals surface area contributed by atoms with Crippen molar-refractivity contribution in [3.8, 4) is 11.8 Å². The van der Waals surface area contributed by atoms with Crippen LogP contribution in [0, 0.1) is 11.3 Å². The van der Waals surface area contributed by atoms with Gasteiger partial charge in [-0.2, -0.15) is 5.26 Å². The van der Waals surface area contributed by atoms with Crippen LogP contribution in [-0.4, -0.2) is 20.0 Å². The molecular formula is C11H8ClN3O3S2. The predicted octanol–water partition coefficient (Wildman–Crippen LogP) is 2.50. The van der Waals surface area contributed by atoms with Gasteiger partial charge in [0.15, 0.2) is 15.3 Å². The quantitative estimate of drug-likeness (QED) is 0.909. The Bertz CT molecular complexity index is 735. The van der Waals surface area contributed by atoms with E-state index in [0.717, 1.165) is 11.3 Å². The van der Waals surface area contributed by atoms with E-state index in [2.05, 4.69) is 9.71 Å². The Hall–Kier alpha value is -1.82. The van der Waals surface area contributed by atoms with Crippen molar-refractivity contribution >= 4 is 38.6 Å². The summed E-state index contributed by atoms with van der Waals surface area (Å²) in [6, 6.07) is 8.04. The second-order valence-electron chi connectivity index (χ2n) is 3.51. The van der Waals surface area contributed by atoms with Crippen molar-refractivity contribution in [3.05, 3.63) is 34.9 Å². The van der Waals surface area contributed by atoms with E-state index in [1.807, 2.05) is 6.07 Å². The van der Waals surface area contributed by atoms with Crippen molar-refractivity contribution in [2.75, 3.05) is 11.3 Å².